The average molecular weight is 375 g/mol. The molecule has 0 bridgehead atoms. The van der Waals surface area contributed by atoms with Gasteiger partial charge in [0.1, 0.15) is 4.21 Å². The minimum absolute atomic E-state index is 0.198. The Bertz CT molecular complexity index is 808. The zero-order chi connectivity index (χ0) is 16.6. The molecule has 0 unspecified atom stereocenters. The molecule has 0 saturated carbocycles. The fraction of sp³-hybridized carbons (Fsp3) is 0.385. The van der Waals surface area contributed by atoms with Crippen molar-refractivity contribution in [2.75, 3.05) is 26.2 Å². The van der Waals surface area contributed by atoms with E-state index < -0.39 is 10.0 Å². The van der Waals surface area contributed by atoms with Crippen molar-refractivity contribution in [3.05, 3.63) is 34.4 Å². The van der Waals surface area contributed by atoms with Crippen LogP contribution < -0.4 is 0 Å². The molecule has 0 N–H and O–H groups in total. The van der Waals surface area contributed by atoms with Gasteiger partial charge in [-0.2, -0.15) is 9.40 Å². The fourth-order valence-corrected chi connectivity index (χ4v) is 5.25. The lowest BCUT2D eigenvalue weighted by Crippen LogP contribution is -2.50. The van der Waals surface area contributed by atoms with E-state index in [2.05, 4.69) is 5.10 Å². The molecule has 0 aliphatic carbocycles. The van der Waals surface area contributed by atoms with Crippen LogP contribution in [0, 0.1) is 0 Å². The summed E-state index contributed by atoms with van der Waals surface area (Å²) in [6.45, 7) is 1.15. The van der Waals surface area contributed by atoms with Gasteiger partial charge in [0, 0.05) is 39.4 Å². The molecule has 1 saturated heterocycles. The van der Waals surface area contributed by atoms with Crippen molar-refractivity contribution in [1.29, 1.82) is 0 Å². The average Bonchev–Trinajstić information content (AvgIpc) is 3.17. The zero-order valence-corrected chi connectivity index (χ0v) is 14.7. The van der Waals surface area contributed by atoms with Gasteiger partial charge in [-0.3, -0.25) is 9.48 Å². The highest BCUT2D eigenvalue weighted by Crippen LogP contribution is 2.23. The highest BCUT2D eigenvalue weighted by molar-refractivity contribution is 7.91. The molecule has 0 aromatic carbocycles. The standard InChI is InChI=1S/C13H15ClN4O3S2/c1-16-9-10(14)12(15-16)13(19)17-4-6-18(7-5-17)23(20,21)11-3-2-8-22-11/h2-3,8-9H,4-7H2,1H3. The Hall–Kier alpha value is -1.42. The second-order valence-corrected chi connectivity index (χ2v) is 8.65. The third kappa shape index (κ3) is 3.14. The van der Waals surface area contributed by atoms with Crippen LogP contribution in [-0.2, 0) is 17.1 Å². The monoisotopic (exact) mass is 374 g/mol. The van der Waals surface area contributed by atoms with E-state index in [0.29, 0.717) is 22.3 Å². The number of rotatable bonds is 3. The van der Waals surface area contributed by atoms with Crippen LogP contribution in [0.4, 0.5) is 0 Å². The number of piperazine rings is 1. The summed E-state index contributed by atoms with van der Waals surface area (Å²) in [7, 11) is -1.78. The number of halogens is 1. The van der Waals surface area contributed by atoms with Gasteiger partial charge in [-0.05, 0) is 11.4 Å². The number of carbonyl (C=O) groups excluding carboxylic acids is 1. The molecule has 2 aromatic heterocycles. The highest BCUT2D eigenvalue weighted by atomic mass is 35.5. The Labute approximate surface area is 143 Å². The molecule has 124 valence electrons. The molecule has 1 aliphatic heterocycles. The maximum absolute atomic E-state index is 12.4. The van der Waals surface area contributed by atoms with Gasteiger partial charge in [0.15, 0.2) is 5.69 Å². The highest BCUT2D eigenvalue weighted by Gasteiger charge is 2.32. The number of amides is 1. The number of nitrogens with zero attached hydrogens (tertiary/aromatic N) is 4. The molecular weight excluding hydrogens is 360 g/mol. The molecule has 0 radical (unpaired) electrons. The van der Waals surface area contributed by atoms with Crippen LogP contribution in [0.1, 0.15) is 10.5 Å². The van der Waals surface area contributed by atoms with Crippen molar-refractivity contribution in [1.82, 2.24) is 19.0 Å². The topological polar surface area (TPSA) is 75.5 Å². The first-order valence-corrected chi connectivity index (χ1v) is 9.61. The molecule has 10 heteroatoms. The predicted molar refractivity (Wildman–Crippen MR) is 87.2 cm³/mol. The normalized spacial score (nSPS) is 16.7. The van der Waals surface area contributed by atoms with Gasteiger partial charge < -0.3 is 4.90 Å². The van der Waals surface area contributed by atoms with Gasteiger partial charge in [-0.1, -0.05) is 17.7 Å². The number of carbonyl (C=O) groups is 1. The van der Waals surface area contributed by atoms with Crippen molar-refractivity contribution < 1.29 is 13.2 Å². The van der Waals surface area contributed by atoms with E-state index in [0.717, 1.165) is 0 Å². The van der Waals surface area contributed by atoms with Crippen LogP contribution in [0.3, 0.4) is 0 Å². The number of hydrogen-bond acceptors (Lipinski definition) is 5. The summed E-state index contributed by atoms with van der Waals surface area (Å²) < 4.78 is 28.1. The maximum atomic E-state index is 12.4. The van der Waals surface area contributed by atoms with Crippen LogP contribution >= 0.6 is 22.9 Å². The van der Waals surface area contributed by atoms with Crippen LogP contribution in [0.2, 0.25) is 5.02 Å². The van der Waals surface area contributed by atoms with Crippen molar-refractivity contribution in [2.24, 2.45) is 7.05 Å². The molecule has 0 spiro atoms. The first-order chi connectivity index (χ1) is 10.9. The predicted octanol–water partition coefficient (Wildman–Crippen LogP) is 1.28. The summed E-state index contributed by atoms with van der Waals surface area (Å²) in [4.78, 5) is 14.0. The molecule has 7 nitrogen and oxygen atoms in total. The summed E-state index contributed by atoms with van der Waals surface area (Å²) in [5.41, 5.74) is 0.198. The van der Waals surface area contributed by atoms with E-state index in [1.165, 1.54) is 20.3 Å². The largest absolute Gasteiger partial charge is 0.335 e. The van der Waals surface area contributed by atoms with E-state index in [4.69, 9.17) is 11.6 Å². The minimum Gasteiger partial charge on any atom is -0.335 e. The van der Waals surface area contributed by atoms with Crippen LogP contribution in [0.25, 0.3) is 0 Å². The van der Waals surface area contributed by atoms with Gasteiger partial charge in [0.25, 0.3) is 15.9 Å². The van der Waals surface area contributed by atoms with Gasteiger partial charge in [-0.25, -0.2) is 8.42 Å². The summed E-state index contributed by atoms with van der Waals surface area (Å²) in [5, 5.41) is 6.09. The molecule has 2 aromatic rings. The summed E-state index contributed by atoms with van der Waals surface area (Å²) in [6.07, 6.45) is 1.56. The lowest BCUT2D eigenvalue weighted by Gasteiger charge is -2.33. The first kappa shape index (κ1) is 16.4. The molecule has 23 heavy (non-hydrogen) atoms. The Morgan fingerprint density at radius 2 is 2.00 bits per heavy atom. The molecule has 3 rings (SSSR count). The van der Waals surface area contributed by atoms with Crippen molar-refractivity contribution in [3.8, 4) is 0 Å². The third-order valence-corrected chi connectivity index (χ3v) is 7.15. The van der Waals surface area contributed by atoms with Crippen molar-refractivity contribution >= 4 is 38.9 Å². The summed E-state index contributed by atoms with van der Waals surface area (Å²) >= 11 is 7.18. The Morgan fingerprint density at radius 1 is 1.30 bits per heavy atom. The smallest absolute Gasteiger partial charge is 0.276 e. The van der Waals surface area contributed by atoms with E-state index in [9.17, 15) is 13.2 Å². The lowest BCUT2D eigenvalue weighted by atomic mass is 10.3. The van der Waals surface area contributed by atoms with Crippen LogP contribution in [0.5, 0.6) is 0 Å². The van der Waals surface area contributed by atoms with E-state index in [-0.39, 0.29) is 24.7 Å². The Morgan fingerprint density at radius 3 is 2.52 bits per heavy atom. The van der Waals surface area contributed by atoms with Crippen LogP contribution in [-0.4, -0.2) is 59.5 Å². The molecule has 1 amide bonds. The maximum Gasteiger partial charge on any atom is 0.276 e. The van der Waals surface area contributed by atoms with Gasteiger partial charge in [-0.15, -0.1) is 11.3 Å². The Balaban J connectivity index is 1.69. The molecule has 1 aliphatic rings. The molecule has 1 fully saturated rings. The molecular formula is C13H15ClN4O3S2. The van der Waals surface area contributed by atoms with E-state index >= 15 is 0 Å². The van der Waals surface area contributed by atoms with Gasteiger partial charge >= 0.3 is 0 Å². The summed E-state index contributed by atoms with van der Waals surface area (Å²) in [6, 6.07) is 3.30. The fourth-order valence-electron chi connectivity index (χ4n) is 2.42. The second kappa shape index (κ2) is 6.23. The molecule has 3 heterocycles. The number of sulfonamides is 1. The summed E-state index contributed by atoms with van der Waals surface area (Å²) in [5.74, 6) is -0.274. The molecule has 0 atom stereocenters. The second-order valence-electron chi connectivity index (χ2n) is 5.13. The third-order valence-electron chi connectivity index (χ3n) is 3.60. The van der Waals surface area contributed by atoms with Crippen molar-refractivity contribution in [3.63, 3.8) is 0 Å². The van der Waals surface area contributed by atoms with E-state index in [1.807, 2.05) is 0 Å². The SMILES string of the molecule is Cn1cc(Cl)c(C(=O)N2CCN(S(=O)(=O)c3cccs3)CC2)n1. The number of thiophene rings is 1. The lowest BCUT2D eigenvalue weighted by molar-refractivity contribution is 0.0691. The van der Waals surface area contributed by atoms with Crippen molar-refractivity contribution in [2.45, 2.75) is 4.21 Å². The minimum atomic E-state index is -3.47. The first-order valence-electron chi connectivity index (χ1n) is 6.91. The van der Waals surface area contributed by atoms with Crippen LogP contribution in [0.15, 0.2) is 27.9 Å². The number of aryl methyl sites for hydroxylation is 1. The van der Waals surface area contributed by atoms with Gasteiger partial charge in [0.05, 0.1) is 5.02 Å². The Kier molecular flexibility index (Phi) is 4.45. The zero-order valence-electron chi connectivity index (χ0n) is 12.3. The number of hydrogen-bond donors (Lipinski definition) is 0. The quantitative estimate of drug-likeness (QED) is 0.811. The number of aromatic nitrogens is 2. The van der Waals surface area contributed by atoms with Gasteiger partial charge in [0.2, 0.25) is 0 Å². The van der Waals surface area contributed by atoms with E-state index in [1.54, 1.807) is 35.7 Å².